The van der Waals surface area contributed by atoms with Crippen molar-refractivity contribution in [3.8, 4) is 0 Å². The maximum Gasteiger partial charge on any atom is 0.0433 e. The maximum absolute atomic E-state index is 2.54. The van der Waals surface area contributed by atoms with Gasteiger partial charge in [-0.3, -0.25) is 0 Å². The number of fused-ring (bicyclic) bond motifs is 3. The van der Waals surface area contributed by atoms with Gasteiger partial charge in [0, 0.05) is 57.7 Å². The zero-order valence-corrected chi connectivity index (χ0v) is 26.8. The van der Waals surface area contributed by atoms with Crippen LogP contribution < -0.4 is 9.80 Å². The van der Waals surface area contributed by atoms with Gasteiger partial charge in [0.2, 0.25) is 0 Å². The van der Waals surface area contributed by atoms with Crippen LogP contribution in [0.25, 0.3) is 20.2 Å². The van der Waals surface area contributed by atoms with Gasteiger partial charge in [0.15, 0.2) is 0 Å². The Balaban J connectivity index is 1.33. The van der Waals surface area contributed by atoms with E-state index in [0.29, 0.717) is 0 Å². The first kappa shape index (κ1) is 28.9. The standard InChI is InChI=1S/C42H38N2S/c1-31-23-41-37(25-39(31)43(27-33-15-7-3-8-16-33)28-34-17-9-4-10-18-34)38-26-40(32(2)24-42(38)45-41)44(29-35-19-11-5-12-20-35)30-36-21-13-6-14-22-36/h3-26H,27-30H2,1-2H3. The van der Waals surface area contributed by atoms with Crippen molar-refractivity contribution in [2.75, 3.05) is 9.80 Å². The summed E-state index contributed by atoms with van der Waals surface area (Å²) in [5, 5.41) is 2.67. The zero-order chi connectivity index (χ0) is 30.6. The van der Waals surface area contributed by atoms with Gasteiger partial charge in [-0.2, -0.15) is 0 Å². The van der Waals surface area contributed by atoms with Gasteiger partial charge in [-0.25, -0.2) is 0 Å². The van der Waals surface area contributed by atoms with Crippen molar-refractivity contribution in [2.24, 2.45) is 0 Å². The van der Waals surface area contributed by atoms with E-state index < -0.39 is 0 Å². The van der Waals surface area contributed by atoms with Crippen molar-refractivity contribution in [3.05, 3.63) is 179 Å². The summed E-state index contributed by atoms with van der Waals surface area (Å²) in [7, 11) is 0. The van der Waals surface area contributed by atoms with Crippen molar-refractivity contribution < 1.29 is 0 Å². The summed E-state index contributed by atoms with van der Waals surface area (Å²) in [4.78, 5) is 5.07. The van der Waals surface area contributed by atoms with Crippen LogP contribution in [0.1, 0.15) is 33.4 Å². The van der Waals surface area contributed by atoms with Gasteiger partial charge >= 0.3 is 0 Å². The lowest BCUT2D eigenvalue weighted by atomic mass is 10.0. The molecule has 0 unspecified atom stereocenters. The van der Waals surface area contributed by atoms with Gasteiger partial charge in [0.1, 0.15) is 0 Å². The summed E-state index contributed by atoms with van der Waals surface area (Å²) in [5.74, 6) is 0. The van der Waals surface area contributed by atoms with E-state index in [2.05, 4.69) is 169 Å². The highest BCUT2D eigenvalue weighted by Crippen LogP contribution is 2.41. The van der Waals surface area contributed by atoms with Gasteiger partial charge in [-0.15, -0.1) is 11.3 Å². The van der Waals surface area contributed by atoms with E-state index in [4.69, 9.17) is 0 Å². The van der Waals surface area contributed by atoms with Crippen LogP contribution >= 0.6 is 11.3 Å². The summed E-state index contributed by atoms with van der Waals surface area (Å²) in [5.41, 5.74) is 10.5. The molecule has 7 aromatic rings. The second-order valence-electron chi connectivity index (χ2n) is 12.0. The third-order valence-corrected chi connectivity index (χ3v) is 9.77. The molecule has 0 aliphatic heterocycles. The van der Waals surface area contributed by atoms with E-state index in [1.807, 2.05) is 11.3 Å². The van der Waals surface area contributed by atoms with Crippen LogP contribution in [-0.2, 0) is 26.2 Å². The lowest BCUT2D eigenvalue weighted by Gasteiger charge is -2.28. The molecule has 0 bridgehead atoms. The normalized spacial score (nSPS) is 11.2. The molecule has 0 amide bonds. The lowest BCUT2D eigenvalue weighted by molar-refractivity contribution is 0.797. The number of rotatable bonds is 10. The zero-order valence-electron chi connectivity index (χ0n) is 26.0. The fourth-order valence-corrected chi connectivity index (χ4v) is 7.66. The Hall–Kier alpha value is -4.86. The number of nitrogens with zero attached hydrogens (tertiary/aromatic N) is 2. The highest BCUT2D eigenvalue weighted by atomic mass is 32.1. The van der Waals surface area contributed by atoms with E-state index in [1.165, 1.54) is 64.9 Å². The predicted molar refractivity (Wildman–Crippen MR) is 194 cm³/mol. The number of benzene rings is 6. The number of aryl methyl sites for hydroxylation is 2. The molecule has 0 spiro atoms. The van der Waals surface area contributed by atoms with Crippen LogP contribution in [0.3, 0.4) is 0 Å². The van der Waals surface area contributed by atoms with E-state index in [9.17, 15) is 0 Å². The van der Waals surface area contributed by atoms with Crippen molar-refractivity contribution in [2.45, 2.75) is 40.0 Å². The third kappa shape index (κ3) is 6.50. The molecule has 1 heterocycles. The molecule has 0 N–H and O–H groups in total. The van der Waals surface area contributed by atoms with Crippen LogP contribution in [-0.4, -0.2) is 0 Å². The fraction of sp³-hybridized carbons (Fsp3) is 0.143. The van der Waals surface area contributed by atoms with Crippen LogP contribution in [0.5, 0.6) is 0 Å². The van der Waals surface area contributed by atoms with E-state index in [1.54, 1.807) is 0 Å². The molecular formula is C42H38N2S. The molecule has 0 radical (unpaired) electrons. The molecule has 0 saturated carbocycles. The molecule has 222 valence electrons. The second kappa shape index (κ2) is 13.0. The molecule has 2 nitrogen and oxygen atoms in total. The van der Waals surface area contributed by atoms with Crippen LogP contribution in [0.15, 0.2) is 146 Å². The van der Waals surface area contributed by atoms with E-state index in [-0.39, 0.29) is 0 Å². The Kier molecular flexibility index (Phi) is 8.35. The molecule has 45 heavy (non-hydrogen) atoms. The first-order chi connectivity index (χ1) is 22.1. The van der Waals surface area contributed by atoms with Gasteiger partial charge in [0.25, 0.3) is 0 Å². The molecule has 0 aliphatic carbocycles. The molecular weight excluding hydrogens is 565 g/mol. The van der Waals surface area contributed by atoms with E-state index in [0.717, 1.165) is 26.2 Å². The minimum Gasteiger partial charge on any atom is -0.363 e. The van der Waals surface area contributed by atoms with Gasteiger partial charge < -0.3 is 9.80 Å². The maximum atomic E-state index is 2.54. The van der Waals surface area contributed by atoms with Crippen molar-refractivity contribution in [3.63, 3.8) is 0 Å². The summed E-state index contributed by atoms with van der Waals surface area (Å²) in [6.07, 6.45) is 0. The Labute approximate surface area is 270 Å². The molecule has 1 aromatic heterocycles. The van der Waals surface area contributed by atoms with Crippen molar-refractivity contribution in [1.82, 2.24) is 0 Å². The average Bonchev–Trinajstić information content (AvgIpc) is 3.41. The summed E-state index contributed by atoms with van der Waals surface area (Å²) in [6, 6.07) is 53.0. The summed E-state index contributed by atoms with van der Waals surface area (Å²) in [6.45, 7) is 7.96. The predicted octanol–water partition coefficient (Wildman–Crippen LogP) is 11.1. The monoisotopic (exact) mass is 602 g/mol. The summed E-state index contributed by atoms with van der Waals surface area (Å²) >= 11 is 1.91. The molecule has 6 aromatic carbocycles. The Morgan fingerprint density at radius 1 is 0.400 bits per heavy atom. The number of hydrogen-bond acceptors (Lipinski definition) is 3. The van der Waals surface area contributed by atoms with Crippen LogP contribution in [0.4, 0.5) is 11.4 Å². The largest absolute Gasteiger partial charge is 0.363 e. The number of hydrogen-bond donors (Lipinski definition) is 0. The minimum absolute atomic E-state index is 0.858. The Morgan fingerprint density at radius 2 is 0.689 bits per heavy atom. The minimum atomic E-state index is 0.858. The molecule has 3 heteroatoms. The third-order valence-electron chi connectivity index (χ3n) is 8.65. The number of anilines is 2. The molecule has 0 fully saturated rings. The smallest absolute Gasteiger partial charge is 0.0433 e. The Morgan fingerprint density at radius 3 is 0.978 bits per heavy atom. The topological polar surface area (TPSA) is 6.48 Å². The van der Waals surface area contributed by atoms with Gasteiger partial charge in [-0.1, -0.05) is 121 Å². The molecule has 0 saturated heterocycles. The molecule has 7 rings (SSSR count). The highest BCUT2D eigenvalue weighted by Gasteiger charge is 2.18. The quantitative estimate of drug-likeness (QED) is 0.154. The van der Waals surface area contributed by atoms with Gasteiger partial charge in [0.05, 0.1) is 0 Å². The number of thiophene rings is 1. The van der Waals surface area contributed by atoms with Gasteiger partial charge in [-0.05, 0) is 71.5 Å². The fourth-order valence-electron chi connectivity index (χ4n) is 6.40. The second-order valence-corrected chi connectivity index (χ2v) is 13.1. The first-order valence-electron chi connectivity index (χ1n) is 15.7. The summed E-state index contributed by atoms with van der Waals surface area (Å²) < 4.78 is 2.69. The lowest BCUT2D eigenvalue weighted by Crippen LogP contribution is -2.23. The van der Waals surface area contributed by atoms with Crippen LogP contribution in [0, 0.1) is 13.8 Å². The molecule has 0 atom stereocenters. The highest BCUT2D eigenvalue weighted by molar-refractivity contribution is 7.25. The SMILES string of the molecule is Cc1cc2sc3cc(C)c(N(Cc4ccccc4)Cc4ccccc4)cc3c2cc1N(Cc1ccccc1)Cc1ccccc1. The molecule has 0 aliphatic rings. The van der Waals surface area contributed by atoms with Crippen molar-refractivity contribution in [1.29, 1.82) is 0 Å². The first-order valence-corrected chi connectivity index (χ1v) is 16.6. The van der Waals surface area contributed by atoms with Crippen molar-refractivity contribution >= 4 is 42.9 Å². The van der Waals surface area contributed by atoms with Crippen LogP contribution in [0.2, 0.25) is 0 Å². The average molecular weight is 603 g/mol. The van der Waals surface area contributed by atoms with E-state index >= 15 is 0 Å². The Bertz CT molecular complexity index is 1790.